The molecule has 1 N–H and O–H groups in total. The third kappa shape index (κ3) is 4.02. The molecule has 1 aromatic heterocycles. The van der Waals surface area contributed by atoms with Crippen LogP contribution in [0.4, 0.5) is 0 Å². The summed E-state index contributed by atoms with van der Waals surface area (Å²) < 4.78 is 6.29. The van der Waals surface area contributed by atoms with Crippen molar-refractivity contribution in [1.82, 2.24) is 15.5 Å². The quantitative estimate of drug-likeness (QED) is 0.820. The third-order valence-electron chi connectivity index (χ3n) is 2.51. The minimum atomic E-state index is -0.00323. The Bertz CT molecular complexity index is 551. The van der Waals surface area contributed by atoms with Crippen molar-refractivity contribution in [3.05, 3.63) is 33.7 Å². The van der Waals surface area contributed by atoms with Crippen molar-refractivity contribution < 1.29 is 9.32 Å². The van der Waals surface area contributed by atoms with E-state index in [9.17, 15) is 4.79 Å². The second kappa shape index (κ2) is 6.65. The zero-order valence-corrected chi connectivity index (χ0v) is 12.7. The molecular formula is C13H14IN3O2. The summed E-state index contributed by atoms with van der Waals surface area (Å²) in [5, 5.41) is 6.65. The first-order valence-corrected chi connectivity index (χ1v) is 7.12. The molecule has 0 bridgehead atoms. The molecule has 0 aliphatic heterocycles. The van der Waals surface area contributed by atoms with Crippen LogP contribution in [0.2, 0.25) is 0 Å². The second-order valence-corrected chi connectivity index (χ2v) is 5.22. The first-order valence-electron chi connectivity index (χ1n) is 6.04. The Morgan fingerprint density at radius 1 is 1.37 bits per heavy atom. The molecule has 0 unspecified atom stereocenters. The van der Waals surface area contributed by atoms with Crippen LogP contribution in [0.5, 0.6) is 0 Å². The van der Waals surface area contributed by atoms with Gasteiger partial charge in [-0.1, -0.05) is 17.3 Å². The van der Waals surface area contributed by atoms with Gasteiger partial charge in [0, 0.05) is 28.5 Å². The second-order valence-electron chi connectivity index (χ2n) is 3.97. The van der Waals surface area contributed by atoms with Crippen molar-refractivity contribution in [3.8, 4) is 11.4 Å². The van der Waals surface area contributed by atoms with Crippen molar-refractivity contribution >= 4 is 28.5 Å². The van der Waals surface area contributed by atoms with E-state index in [0.29, 0.717) is 31.1 Å². The Morgan fingerprint density at radius 3 is 2.79 bits per heavy atom. The van der Waals surface area contributed by atoms with Crippen LogP contribution in [0, 0.1) is 3.57 Å². The van der Waals surface area contributed by atoms with Crippen LogP contribution in [0.1, 0.15) is 19.2 Å². The van der Waals surface area contributed by atoms with Gasteiger partial charge in [-0.25, -0.2) is 0 Å². The zero-order chi connectivity index (χ0) is 13.7. The van der Waals surface area contributed by atoms with Crippen molar-refractivity contribution in [2.24, 2.45) is 0 Å². The van der Waals surface area contributed by atoms with Gasteiger partial charge in [-0.3, -0.25) is 4.79 Å². The smallest absolute Gasteiger partial charge is 0.227 e. The molecule has 2 rings (SSSR count). The van der Waals surface area contributed by atoms with Gasteiger partial charge in [0.2, 0.25) is 17.6 Å². The Hall–Kier alpha value is -1.44. The largest absolute Gasteiger partial charge is 0.356 e. The van der Waals surface area contributed by atoms with E-state index in [1.807, 2.05) is 31.2 Å². The molecule has 0 saturated carbocycles. The number of amides is 1. The number of rotatable bonds is 5. The van der Waals surface area contributed by atoms with E-state index < -0.39 is 0 Å². The Labute approximate surface area is 124 Å². The molecule has 0 radical (unpaired) electrons. The van der Waals surface area contributed by atoms with Crippen LogP contribution in [0.15, 0.2) is 28.8 Å². The summed E-state index contributed by atoms with van der Waals surface area (Å²) in [6.07, 6.45) is 0.825. The van der Waals surface area contributed by atoms with Crippen LogP contribution < -0.4 is 5.32 Å². The Kier molecular flexibility index (Phi) is 4.89. The first kappa shape index (κ1) is 14.0. The number of carbonyl (C=O) groups is 1. The Balaban J connectivity index is 1.99. The molecule has 2 aromatic rings. The molecular weight excluding hydrogens is 357 g/mol. The maximum atomic E-state index is 11.3. The number of hydrogen-bond donors (Lipinski definition) is 1. The van der Waals surface area contributed by atoms with Crippen molar-refractivity contribution in [2.45, 2.75) is 19.8 Å². The van der Waals surface area contributed by atoms with Gasteiger partial charge in [0.15, 0.2) is 0 Å². The fraction of sp³-hybridized carbons (Fsp3) is 0.308. The molecule has 19 heavy (non-hydrogen) atoms. The monoisotopic (exact) mass is 371 g/mol. The topological polar surface area (TPSA) is 68.0 Å². The van der Waals surface area contributed by atoms with Gasteiger partial charge in [0.25, 0.3) is 0 Å². The molecule has 5 nitrogen and oxygen atoms in total. The number of nitrogens with one attached hydrogen (secondary N) is 1. The van der Waals surface area contributed by atoms with Gasteiger partial charge in [0.05, 0.1) is 0 Å². The normalized spacial score (nSPS) is 10.4. The number of aromatic nitrogens is 2. The minimum absolute atomic E-state index is 0.00323. The summed E-state index contributed by atoms with van der Waals surface area (Å²) in [5.74, 6) is 1.04. The molecule has 0 fully saturated rings. The lowest BCUT2D eigenvalue weighted by molar-refractivity contribution is -0.121. The highest BCUT2D eigenvalue weighted by atomic mass is 127. The highest BCUT2D eigenvalue weighted by molar-refractivity contribution is 14.1. The predicted molar refractivity (Wildman–Crippen MR) is 79.5 cm³/mol. The molecule has 1 aromatic carbocycles. The number of nitrogens with zero attached hydrogens (tertiary/aromatic N) is 2. The molecule has 6 heteroatoms. The summed E-state index contributed by atoms with van der Waals surface area (Å²) in [6, 6.07) is 7.86. The summed E-state index contributed by atoms with van der Waals surface area (Å²) in [4.78, 5) is 15.6. The molecule has 1 amide bonds. The van der Waals surface area contributed by atoms with Crippen LogP contribution in [0.3, 0.4) is 0 Å². The van der Waals surface area contributed by atoms with E-state index in [2.05, 4.69) is 38.0 Å². The molecule has 0 atom stereocenters. The zero-order valence-electron chi connectivity index (χ0n) is 10.5. The van der Waals surface area contributed by atoms with Crippen molar-refractivity contribution in [3.63, 3.8) is 0 Å². The molecule has 0 spiro atoms. The maximum absolute atomic E-state index is 11.3. The predicted octanol–water partition coefficient (Wildman–Crippen LogP) is 2.41. The number of carbonyl (C=O) groups excluding carboxylic acids is 1. The fourth-order valence-corrected chi connectivity index (χ4v) is 1.94. The van der Waals surface area contributed by atoms with Crippen LogP contribution >= 0.6 is 22.6 Å². The van der Waals surface area contributed by atoms with Gasteiger partial charge in [-0.15, -0.1) is 0 Å². The van der Waals surface area contributed by atoms with E-state index >= 15 is 0 Å². The van der Waals surface area contributed by atoms with E-state index in [-0.39, 0.29) is 5.91 Å². The molecule has 0 saturated heterocycles. The molecule has 100 valence electrons. The number of aryl methyl sites for hydroxylation is 1. The van der Waals surface area contributed by atoms with Crippen LogP contribution in [-0.2, 0) is 11.2 Å². The van der Waals surface area contributed by atoms with E-state index in [0.717, 1.165) is 9.13 Å². The van der Waals surface area contributed by atoms with E-state index in [4.69, 9.17) is 4.52 Å². The summed E-state index contributed by atoms with van der Waals surface area (Å²) in [6.45, 7) is 2.52. The van der Waals surface area contributed by atoms with Crippen LogP contribution in [-0.4, -0.2) is 22.6 Å². The summed E-state index contributed by atoms with van der Waals surface area (Å²) in [5.41, 5.74) is 0.911. The van der Waals surface area contributed by atoms with E-state index in [1.54, 1.807) is 0 Å². The van der Waals surface area contributed by atoms with Gasteiger partial charge in [-0.05, 0) is 41.6 Å². The lowest BCUT2D eigenvalue weighted by atomic mass is 10.2. The van der Waals surface area contributed by atoms with Crippen LogP contribution in [0.25, 0.3) is 11.4 Å². The fourth-order valence-electron chi connectivity index (χ4n) is 1.58. The average Bonchev–Trinajstić information content (AvgIpc) is 2.86. The molecule has 1 heterocycles. The lowest BCUT2D eigenvalue weighted by Crippen LogP contribution is -2.22. The van der Waals surface area contributed by atoms with Gasteiger partial charge < -0.3 is 9.84 Å². The highest BCUT2D eigenvalue weighted by Gasteiger charge is 2.10. The number of benzene rings is 1. The summed E-state index contributed by atoms with van der Waals surface area (Å²) >= 11 is 2.24. The van der Waals surface area contributed by atoms with Crippen molar-refractivity contribution in [1.29, 1.82) is 0 Å². The Morgan fingerprint density at radius 2 is 2.11 bits per heavy atom. The lowest BCUT2D eigenvalue weighted by Gasteiger charge is -1.98. The maximum Gasteiger partial charge on any atom is 0.227 e. The highest BCUT2D eigenvalue weighted by Crippen LogP contribution is 2.17. The number of hydrogen-bond acceptors (Lipinski definition) is 4. The summed E-state index contributed by atoms with van der Waals surface area (Å²) in [7, 11) is 0. The van der Waals surface area contributed by atoms with Gasteiger partial charge >= 0.3 is 0 Å². The van der Waals surface area contributed by atoms with Gasteiger partial charge in [0.1, 0.15) is 0 Å². The molecule has 0 aliphatic rings. The number of halogens is 1. The average molecular weight is 371 g/mol. The van der Waals surface area contributed by atoms with Crippen molar-refractivity contribution in [2.75, 3.05) is 6.54 Å². The van der Waals surface area contributed by atoms with Gasteiger partial charge in [-0.2, -0.15) is 4.98 Å². The third-order valence-corrected chi connectivity index (χ3v) is 3.23. The SMILES string of the molecule is CCNC(=O)CCc1nc(-c2ccc(I)cc2)no1. The first-order chi connectivity index (χ1) is 9.19. The molecule has 0 aliphatic carbocycles. The standard InChI is InChI=1S/C13H14IN3O2/c1-2-15-11(18)7-8-12-16-13(17-19-12)9-3-5-10(14)6-4-9/h3-6H,2,7-8H2,1H3,(H,15,18). The minimum Gasteiger partial charge on any atom is -0.356 e. The van der Waals surface area contributed by atoms with E-state index in [1.165, 1.54) is 0 Å².